The molecule has 1 aliphatic heterocycles. The Balaban J connectivity index is 1.42. The predicted octanol–water partition coefficient (Wildman–Crippen LogP) is 5.19. The van der Waals surface area contributed by atoms with Crippen LogP contribution in [-0.4, -0.2) is 60.9 Å². The number of amides is 1. The fraction of sp³-hybridized carbons (Fsp3) is 0.391. The van der Waals surface area contributed by atoms with Crippen LogP contribution in [0.4, 0.5) is 5.13 Å². The monoisotopic (exact) mass is 475 g/mol. The summed E-state index contributed by atoms with van der Waals surface area (Å²) >= 11 is 9.39. The second-order valence-electron chi connectivity index (χ2n) is 7.37. The van der Waals surface area contributed by atoms with Gasteiger partial charge in [0.15, 0.2) is 5.13 Å². The first-order chi connectivity index (χ1) is 15.2. The largest absolute Gasteiger partial charge is 0.379 e. The Morgan fingerprint density at radius 3 is 2.81 bits per heavy atom. The number of rotatable bonds is 9. The summed E-state index contributed by atoms with van der Waals surface area (Å²) in [4.78, 5) is 23.4. The third-order valence-corrected chi connectivity index (χ3v) is 7.45. The number of fused-ring (bicyclic) bond motifs is 1. The van der Waals surface area contributed by atoms with Crippen molar-refractivity contribution in [2.24, 2.45) is 0 Å². The molecular weight excluding hydrogens is 450 g/mol. The van der Waals surface area contributed by atoms with Gasteiger partial charge in [0.1, 0.15) is 0 Å². The highest BCUT2D eigenvalue weighted by Crippen LogP contribution is 2.31. The van der Waals surface area contributed by atoms with E-state index in [1.165, 1.54) is 16.2 Å². The van der Waals surface area contributed by atoms with Gasteiger partial charge in [-0.05, 0) is 36.8 Å². The lowest BCUT2D eigenvalue weighted by Gasteiger charge is -2.27. The van der Waals surface area contributed by atoms with E-state index in [0.717, 1.165) is 60.4 Å². The van der Waals surface area contributed by atoms with E-state index in [1.807, 2.05) is 41.3 Å². The highest BCUT2D eigenvalue weighted by Gasteiger charge is 2.20. The quantitative estimate of drug-likeness (QED) is 0.398. The third kappa shape index (κ3) is 6.43. The van der Waals surface area contributed by atoms with E-state index in [2.05, 4.69) is 17.0 Å². The van der Waals surface area contributed by atoms with Crippen LogP contribution in [0, 0.1) is 0 Å². The Labute approximate surface area is 196 Å². The Morgan fingerprint density at radius 1 is 1.19 bits per heavy atom. The molecule has 0 atom stereocenters. The van der Waals surface area contributed by atoms with Crippen LogP contribution >= 0.6 is 34.7 Å². The molecule has 164 valence electrons. The minimum absolute atomic E-state index is 0.121. The Hall–Kier alpha value is -1.64. The lowest BCUT2D eigenvalue weighted by molar-refractivity contribution is -0.118. The van der Waals surface area contributed by atoms with E-state index < -0.39 is 0 Å². The summed E-state index contributed by atoms with van der Waals surface area (Å²) in [7, 11) is 0. The fourth-order valence-corrected chi connectivity index (χ4v) is 5.66. The van der Waals surface area contributed by atoms with Gasteiger partial charge in [-0.3, -0.25) is 14.6 Å². The molecule has 5 nitrogen and oxygen atoms in total. The van der Waals surface area contributed by atoms with E-state index in [4.69, 9.17) is 21.3 Å². The molecule has 0 N–H and O–H groups in total. The molecule has 0 saturated carbocycles. The zero-order chi connectivity index (χ0) is 21.5. The van der Waals surface area contributed by atoms with Crippen LogP contribution in [0.3, 0.4) is 0 Å². The summed E-state index contributed by atoms with van der Waals surface area (Å²) < 4.78 is 6.44. The van der Waals surface area contributed by atoms with Crippen molar-refractivity contribution in [3.05, 3.63) is 53.6 Å². The van der Waals surface area contributed by atoms with Gasteiger partial charge in [-0.15, -0.1) is 11.8 Å². The molecule has 8 heteroatoms. The number of benzene rings is 2. The summed E-state index contributed by atoms with van der Waals surface area (Å²) in [6.45, 7) is 5.13. The van der Waals surface area contributed by atoms with Gasteiger partial charge in [-0.2, -0.15) is 0 Å². The summed E-state index contributed by atoms with van der Waals surface area (Å²) in [6, 6.07) is 15.9. The number of thiazole rings is 1. The first kappa shape index (κ1) is 22.6. The average molecular weight is 476 g/mol. The SMILES string of the molecule is O=C(CCSc1ccccc1)N(CCCN1CCOCC1)c1nc2ccc(Cl)cc2s1. The van der Waals surface area contributed by atoms with Crippen LogP contribution in [0.1, 0.15) is 12.8 Å². The fourth-order valence-electron chi connectivity index (χ4n) is 3.51. The van der Waals surface area contributed by atoms with E-state index in [-0.39, 0.29) is 5.91 Å². The van der Waals surface area contributed by atoms with Crippen LogP contribution in [-0.2, 0) is 9.53 Å². The third-order valence-electron chi connectivity index (χ3n) is 5.16. The zero-order valence-electron chi connectivity index (χ0n) is 17.3. The Bertz CT molecular complexity index is 993. The van der Waals surface area contributed by atoms with Gasteiger partial charge in [0.05, 0.1) is 23.4 Å². The molecule has 4 rings (SSSR count). The van der Waals surface area contributed by atoms with Crippen LogP contribution in [0.15, 0.2) is 53.4 Å². The molecule has 0 radical (unpaired) electrons. The first-order valence-electron chi connectivity index (χ1n) is 10.5. The van der Waals surface area contributed by atoms with Gasteiger partial charge in [0.25, 0.3) is 0 Å². The summed E-state index contributed by atoms with van der Waals surface area (Å²) in [5, 5.41) is 1.45. The second kappa shape index (κ2) is 11.3. The van der Waals surface area contributed by atoms with E-state index in [9.17, 15) is 4.79 Å². The average Bonchev–Trinajstić information content (AvgIpc) is 3.20. The number of carbonyl (C=O) groups is 1. The maximum atomic E-state index is 13.2. The molecule has 1 saturated heterocycles. The number of nitrogens with zero attached hydrogens (tertiary/aromatic N) is 3. The normalized spacial score (nSPS) is 14.7. The maximum Gasteiger partial charge on any atom is 0.229 e. The van der Waals surface area contributed by atoms with Crippen molar-refractivity contribution in [2.45, 2.75) is 17.7 Å². The predicted molar refractivity (Wildman–Crippen MR) is 131 cm³/mol. The molecule has 1 amide bonds. The molecular formula is C23H26ClN3O2S2. The number of halogens is 1. The van der Waals surface area contributed by atoms with Crippen molar-refractivity contribution in [3.63, 3.8) is 0 Å². The molecule has 3 aromatic rings. The van der Waals surface area contributed by atoms with Crippen molar-refractivity contribution >= 4 is 56.0 Å². The standard InChI is InChI=1S/C23H26ClN3O2S2/c24-18-7-8-20-21(17-18)31-23(25-20)27(11-4-10-26-12-14-29-15-13-26)22(28)9-16-30-19-5-2-1-3-6-19/h1-3,5-8,17H,4,9-16H2. The smallest absolute Gasteiger partial charge is 0.229 e. The maximum absolute atomic E-state index is 13.2. The number of hydrogen-bond acceptors (Lipinski definition) is 6. The Kier molecular flexibility index (Phi) is 8.21. The molecule has 0 aliphatic carbocycles. The highest BCUT2D eigenvalue weighted by atomic mass is 35.5. The van der Waals surface area contributed by atoms with Gasteiger partial charge in [0, 0.05) is 48.3 Å². The summed E-state index contributed by atoms with van der Waals surface area (Å²) in [6.07, 6.45) is 1.39. The van der Waals surface area contributed by atoms with Gasteiger partial charge in [0.2, 0.25) is 5.91 Å². The van der Waals surface area contributed by atoms with Gasteiger partial charge < -0.3 is 4.74 Å². The van der Waals surface area contributed by atoms with Crippen molar-refractivity contribution < 1.29 is 9.53 Å². The molecule has 0 bridgehead atoms. The number of aromatic nitrogens is 1. The van der Waals surface area contributed by atoms with Crippen molar-refractivity contribution in [3.8, 4) is 0 Å². The topological polar surface area (TPSA) is 45.7 Å². The van der Waals surface area contributed by atoms with Crippen LogP contribution < -0.4 is 4.90 Å². The number of ether oxygens (including phenoxy) is 1. The zero-order valence-corrected chi connectivity index (χ0v) is 19.7. The van der Waals surface area contributed by atoms with E-state index >= 15 is 0 Å². The molecule has 1 aliphatic rings. The minimum atomic E-state index is 0.121. The minimum Gasteiger partial charge on any atom is -0.379 e. The molecule has 0 spiro atoms. The van der Waals surface area contributed by atoms with Gasteiger partial charge in [-0.1, -0.05) is 41.1 Å². The molecule has 1 aromatic heterocycles. The number of hydrogen-bond donors (Lipinski definition) is 0. The van der Waals surface area contributed by atoms with Crippen molar-refractivity contribution in [1.29, 1.82) is 0 Å². The Morgan fingerprint density at radius 2 is 2.00 bits per heavy atom. The van der Waals surface area contributed by atoms with E-state index in [1.54, 1.807) is 11.8 Å². The van der Waals surface area contributed by atoms with Crippen LogP contribution in [0.5, 0.6) is 0 Å². The second-order valence-corrected chi connectivity index (χ2v) is 9.99. The lowest BCUT2D eigenvalue weighted by atomic mass is 10.3. The first-order valence-corrected chi connectivity index (χ1v) is 12.7. The molecule has 31 heavy (non-hydrogen) atoms. The molecule has 2 aromatic carbocycles. The van der Waals surface area contributed by atoms with Gasteiger partial charge >= 0.3 is 0 Å². The summed E-state index contributed by atoms with van der Waals surface area (Å²) in [5.41, 5.74) is 0.883. The van der Waals surface area contributed by atoms with Crippen molar-refractivity contribution in [2.75, 3.05) is 50.0 Å². The molecule has 0 unspecified atom stereocenters. The number of anilines is 1. The number of morpholine rings is 1. The summed E-state index contributed by atoms with van der Waals surface area (Å²) in [5.74, 6) is 0.870. The van der Waals surface area contributed by atoms with Gasteiger partial charge in [-0.25, -0.2) is 4.98 Å². The lowest BCUT2D eigenvalue weighted by Crippen LogP contribution is -2.39. The number of carbonyl (C=O) groups excluding carboxylic acids is 1. The van der Waals surface area contributed by atoms with Crippen LogP contribution in [0.2, 0.25) is 5.02 Å². The molecule has 1 fully saturated rings. The highest BCUT2D eigenvalue weighted by molar-refractivity contribution is 7.99. The van der Waals surface area contributed by atoms with E-state index in [0.29, 0.717) is 18.0 Å². The molecule has 2 heterocycles. The van der Waals surface area contributed by atoms with Crippen LogP contribution in [0.25, 0.3) is 10.2 Å². The number of thioether (sulfide) groups is 1. The van der Waals surface area contributed by atoms with Crippen molar-refractivity contribution in [1.82, 2.24) is 9.88 Å².